The van der Waals surface area contributed by atoms with Crippen molar-refractivity contribution in [3.8, 4) is 11.1 Å². The Morgan fingerprint density at radius 3 is 2.68 bits per heavy atom. The first kappa shape index (κ1) is 20.9. The highest BCUT2D eigenvalue weighted by Crippen LogP contribution is 2.30. The second-order valence-electron chi connectivity index (χ2n) is 7.58. The number of aromatic nitrogens is 3. The summed E-state index contributed by atoms with van der Waals surface area (Å²) < 4.78 is 1.54. The van der Waals surface area contributed by atoms with Crippen molar-refractivity contribution in [1.29, 1.82) is 0 Å². The summed E-state index contributed by atoms with van der Waals surface area (Å²) in [5.74, 6) is -0.00740. The maximum atomic E-state index is 13.1. The molecule has 158 valence electrons. The Labute approximate surface area is 184 Å². The number of fused-ring (bicyclic) bond motifs is 1. The number of pyridine rings is 1. The standard InChI is InChI=1S/C24H24N4O2S/c1-17-6-8-18(9-7-17)20-15-31-23-22(20)24(30)28(16-26-23)14-11-21(29)27(2)13-10-19-5-3-4-12-25-19/h3-9,12,15-16H,10-11,13-14H2,1-2H3. The fourth-order valence-electron chi connectivity index (χ4n) is 3.43. The molecular formula is C24H24N4O2S. The Morgan fingerprint density at radius 1 is 1.13 bits per heavy atom. The summed E-state index contributed by atoms with van der Waals surface area (Å²) in [6.45, 7) is 2.93. The molecule has 0 spiro atoms. The van der Waals surface area contributed by atoms with Crippen molar-refractivity contribution in [3.63, 3.8) is 0 Å². The van der Waals surface area contributed by atoms with Crippen LogP contribution in [0.2, 0.25) is 0 Å². The van der Waals surface area contributed by atoms with Gasteiger partial charge in [0.05, 0.1) is 11.7 Å². The SMILES string of the molecule is Cc1ccc(-c2csc3ncn(CCC(=O)N(C)CCc4ccccn4)c(=O)c23)cc1. The van der Waals surface area contributed by atoms with Crippen LogP contribution in [0.4, 0.5) is 0 Å². The number of rotatable bonds is 7. The Morgan fingerprint density at radius 2 is 1.94 bits per heavy atom. The fraction of sp³-hybridized carbons (Fsp3) is 0.250. The molecule has 0 saturated carbocycles. The van der Waals surface area contributed by atoms with Crippen molar-refractivity contribution in [2.24, 2.45) is 0 Å². The first-order valence-corrected chi connectivity index (χ1v) is 11.1. The van der Waals surface area contributed by atoms with Crippen LogP contribution in [0.5, 0.6) is 0 Å². The van der Waals surface area contributed by atoms with Crippen molar-refractivity contribution in [2.45, 2.75) is 26.3 Å². The molecule has 7 heteroatoms. The van der Waals surface area contributed by atoms with Crippen molar-refractivity contribution >= 4 is 27.5 Å². The smallest absolute Gasteiger partial charge is 0.262 e. The van der Waals surface area contributed by atoms with E-state index in [9.17, 15) is 9.59 Å². The lowest BCUT2D eigenvalue weighted by molar-refractivity contribution is -0.130. The lowest BCUT2D eigenvalue weighted by Crippen LogP contribution is -2.31. The Balaban J connectivity index is 1.46. The molecule has 1 aromatic carbocycles. The summed E-state index contributed by atoms with van der Waals surface area (Å²) >= 11 is 1.46. The molecule has 0 atom stereocenters. The van der Waals surface area contributed by atoms with Gasteiger partial charge in [0, 0.05) is 55.8 Å². The molecule has 3 aromatic heterocycles. The number of carbonyl (C=O) groups excluding carboxylic acids is 1. The second kappa shape index (κ2) is 9.22. The monoisotopic (exact) mass is 432 g/mol. The highest BCUT2D eigenvalue weighted by Gasteiger charge is 2.15. The molecule has 0 saturated heterocycles. The molecule has 0 aliphatic carbocycles. The third kappa shape index (κ3) is 4.72. The van der Waals surface area contributed by atoms with Crippen LogP contribution >= 0.6 is 11.3 Å². The van der Waals surface area contributed by atoms with E-state index in [2.05, 4.69) is 9.97 Å². The lowest BCUT2D eigenvalue weighted by Gasteiger charge is -2.17. The van der Waals surface area contributed by atoms with Gasteiger partial charge in [0.15, 0.2) is 0 Å². The number of benzene rings is 1. The van der Waals surface area contributed by atoms with Crippen LogP contribution in [0.15, 0.2) is 65.2 Å². The quantitative estimate of drug-likeness (QED) is 0.444. The van der Waals surface area contributed by atoms with Crippen molar-refractivity contribution < 1.29 is 4.79 Å². The molecule has 0 unspecified atom stereocenters. The summed E-state index contributed by atoms with van der Waals surface area (Å²) in [5.41, 5.74) is 3.91. The van der Waals surface area contributed by atoms with Gasteiger partial charge in [0.25, 0.3) is 5.56 Å². The molecule has 0 aliphatic rings. The molecular weight excluding hydrogens is 408 g/mol. The molecule has 0 bridgehead atoms. The number of carbonyl (C=O) groups is 1. The number of amides is 1. The van der Waals surface area contributed by atoms with Gasteiger partial charge in [-0.15, -0.1) is 11.3 Å². The molecule has 0 N–H and O–H groups in total. The Bertz CT molecular complexity index is 1250. The van der Waals surface area contributed by atoms with Gasteiger partial charge in [-0.3, -0.25) is 19.1 Å². The summed E-state index contributed by atoms with van der Waals surface area (Å²) in [6, 6.07) is 13.9. The normalized spacial score (nSPS) is 11.0. The van der Waals surface area contributed by atoms with Crippen LogP contribution in [-0.4, -0.2) is 38.9 Å². The average molecular weight is 433 g/mol. The molecule has 0 fully saturated rings. The van der Waals surface area contributed by atoms with Gasteiger partial charge in [0.2, 0.25) is 5.91 Å². The Kier molecular flexibility index (Phi) is 6.23. The van der Waals surface area contributed by atoms with Crippen molar-refractivity contribution in [3.05, 3.63) is 82.0 Å². The molecule has 31 heavy (non-hydrogen) atoms. The maximum absolute atomic E-state index is 13.1. The minimum Gasteiger partial charge on any atom is -0.345 e. The summed E-state index contributed by atoms with van der Waals surface area (Å²) in [7, 11) is 1.78. The van der Waals surface area contributed by atoms with Gasteiger partial charge < -0.3 is 4.90 Å². The topological polar surface area (TPSA) is 68.1 Å². The zero-order chi connectivity index (χ0) is 21.8. The van der Waals surface area contributed by atoms with Gasteiger partial charge in [0.1, 0.15) is 4.83 Å². The second-order valence-corrected chi connectivity index (χ2v) is 8.43. The molecule has 1 amide bonds. The van der Waals surface area contributed by atoms with Gasteiger partial charge >= 0.3 is 0 Å². The number of thiophene rings is 1. The number of aryl methyl sites for hydroxylation is 2. The van der Waals surface area contributed by atoms with E-state index >= 15 is 0 Å². The van der Waals surface area contributed by atoms with Gasteiger partial charge in [-0.1, -0.05) is 35.9 Å². The van der Waals surface area contributed by atoms with Crippen LogP contribution in [-0.2, 0) is 17.8 Å². The third-order valence-electron chi connectivity index (χ3n) is 5.35. The van der Waals surface area contributed by atoms with Crippen LogP contribution in [0.1, 0.15) is 17.7 Å². The first-order valence-electron chi connectivity index (χ1n) is 10.2. The van der Waals surface area contributed by atoms with Crippen LogP contribution in [0.25, 0.3) is 21.3 Å². The van der Waals surface area contributed by atoms with E-state index in [-0.39, 0.29) is 17.9 Å². The molecule has 4 aromatic rings. The predicted molar refractivity (Wildman–Crippen MR) is 124 cm³/mol. The van der Waals surface area contributed by atoms with Gasteiger partial charge in [-0.2, -0.15) is 0 Å². The molecule has 0 aliphatic heterocycles. The minimum absolute atomic E-state index is 0.00740. The van der Waals surface area contributed by atoms with E-state index in [4.69, 9.17) is 0 Å². The summed E-state index contributed by atoms with van der Waals surface area (Å²) in [6.07, 6.45) is 4.24. The van der Waals surface area contributed by atoms with Gasteiger partial charge in [-0.05, 0) is 24.6 Å². The van der Waals surface area contributed by atoms with Crippen molar-refractivity contribution in [2.75, 3.05) is 13.6 Å². The number of hydrogen-bond donors (Lipinski definition) is 0. The minimum atomic E-state index is -0.106. The van der Waals surface area contributed by atoms with Gasteiger partial charge in [-0.25, -0.2) is 4.98 Å². The highest BCUT2D eigenvalue weighted by atomic mass is 32.1. The maximum Gasteiger partial charge on any atom is 0.262 e. The number of likely N-dealkylation sites (N-methyl/N-ethyl adjacent to an activating group) is 1. The average Bonchev–Trinajstić information content (AvgIpc) is 3.23. The van der Waals surface area contributed by atoms with Crippen LogP contribution in [0.3, 0.4) is 0 Å². The summed E-state index contributed by atoms with van der Waals surface area (Å²) in [5, 5.41) is 2.59. The van der Waals surface area contributed by atoms with E-state index in [1.54, 1.807) is 24.5 Å². The number of nitrogens with zero attached hydrogens (tertiary/aromatic N) is 4. The van der Waals surface area contributed by atoms with E-state index in [0.29, 0.717) is 24.9 Å². The van der Waals surface area contributed by atoms with E-state index < -0.39 is 0 Å². The first-order chi connectivity index (χ1) is 15.0. The van der Waals surface area contributed by atoms with E-state index in [1.165, 1.54) is 21.5 Å². The lowest BCUT2D eigenvalue weighted by atomic mass is 10.1. The van der Waals surface area contributed by atoms with E-state index in [1.807, 2.05) is 54.8 Å². The largest absolute Gasteiger partial charge is 0.345 e. The highest BCUT2D eigenvalue weighted by molar-refractivity contribution is 7.17. The predicted octanol–water partition coefficient (Wildman–Crippen LogP) is 3.92. The van der Waals surface area contributed by atoms with Crippen LogP contribution in [0, 0.1) is 6.92 Å². The number of hydrogen-bond acceptors (Lipinski definition) is 5. The third-order valence-corrected chi connectivity index (χ3v) is 6.23. The summed E-state index contributed by atoms with van der Waals surface area (Å²) in [4.78, 5) is 36.8. The zero-order valence-corrected chi connectivity index (χ0v) is 18.4. The Hall–Kier alpha value is -3.32. The molecule has 0 radical (unpaired) electrons. The van der Waals surface area contributed by atoms with Crippen molar-refractivity contribution in [1.82, 2.24) is 19.4 Å². The zero-order valence-electron chi connectivity index (χ0n) is 17.6. The molecule has 6 nitrogen and oxygen atoms in total. The van der Waals surface area contributed by atoms with Crippen LogP contribution < -0.4 is 5.56 Å². The van der Waals surface area contributed by atoms with E-state index in [0.717, 1.165) is 21.7 Å². The molecule has 4 rings (SSSR count). The fourth-order valence-corrected chi connectivity index (χ4v) is 4.34. The molecule has 3 heterocycles.